The topological polar surface area (TPSA) is 52.2 Å². The summed E-state index contributed by atoms with van der Waals surface area (Å²) in [5.74, 6) is 0. The van der Waals surface area contributed by atoms with E-state index >= 15 is 0 Å². The van der Waals surface area contributed by atoms with Gasteiger partial charge in [-0.3, -0.25) is 9.69 Å². The molecule has 0 atom stereocenters. The molecule has 2 heterocycles. The zero-order chi connectivity index (χ0) is 18.1. The second kappa shape index (κ2) is 10.3. The molecular weight excluding hydrogens is 324 g/mol. The Bertz CT molecular complexity index is 628. The first kappa shape index (κ1) is 20.5. The molecule has 1 aliphatic rings. The standard InChI is InChI=1S/C16H23ClN4O.C2H6/c1-4-12(3)13(5-2)11-20-6-8-21(9-7-20)15-14(17)10-18-19-16(15)22;1-2/h4-5,10H,6-9,11H2,1-3H3,(H,19,22);1-2H3/b12-4-,13-5-;. The molecule has 1 aliphatic heterocycles. The molecule has 1 N–H and O–H groups in total. The van der Waals surface area contributed by atoms with Gasteiger partial charge in [0, 0.05) is 32.7 Å². The number of rotatable bonds is 4. The number of aromatic amines is 1. The summed E-state index contributed by atoms with van der Waals surface area (Å²) in [4.78, 5) is 16.3. The first-order chi connectivity index (χ1) is 11.6. The van der Waals surface area contributed by atoms with E-state index in [1.54, 1.807) is 0 Å². The fourth-order valence-electron chi connectivity index (χ4n) is 2.66. The van der Waals surface area contributed by atoms with Gasteiger partial charge in [0.05, 0.1) is 11.2 Å². The van der Waals surface area contributed by atoms with Crippen LogP contribution in [0, 0.1) is 0 Å². The molecule has 0 bridgehead atoms. The van der Waals surface area contributed by atoms with Crippen LogP contribution in [0.15, 0.2) is 34.3 Å². The highest BCUT2D eigenvalue weighted by Gasteiger charge is 2.21. The molecular formula is C18H29ClN4O. The number of allylic oxidation sites excluding steroid dienone is 2. The molecule has 0 aliphatic carbocycles. The lowest BCUT2D eigenvalue weighted by molar-refractivity contribution is 0.279. The lowest BCUT2D eigenvalue weighted by atomic mass is 10.1. The van der Waals surface area contributed by atoms with Gasteiger partial charge >= 0.3 is 0 Å². The predicted molar refractivity (Wildman–Crippen MR) is 103 cm³/mol. The summed E-state index contributed by atoms with van der Waals surface area (Å²) in [6.45, 7) is 14.6. The highest BCUT2D eigenvalue weighted by molar-refractivity contribution is 6.33. The summed E-state index contributed by atoms with van der Waals surface area (Å²) in [6, 6.07) is 0. The molecule has 6 heteroatoms. The minimum atomic E-state index is -0.222. The van der Waals surface area contributed by atoms with Gasteiger partial charge in [0.15, 0.2) is 0 Å². The number of hydrogen-bond donors (Lipinski definition) is 1. The van der Waals surface area contributed by atoms with Gasteiger partial charge in [-0.2, -0.15) is 5.10 Å². The summed E-state index contributed by atoms with van der Waals surface area (Å²) in [6.07, 6.45) is 5.80. The molecule has 0 amide bonds. The number of halogens is 1. The van der Waals surface area contributed by atoms with Crippen LogP contribution >= 0.6 is 11.6 Å². The van der Waals surface area contributed by atoms with Crippen molar-refractivity contribution in [3.63, 3.8) is 0 Å². The molecule has 0 saturated carbocycles. The Hall–Kier alpha value is -1.59. The molecule has 134 valence electrons. The van der Waals surface area contributed by atoms with E-state index in [0.717, 1.165) is 32.7 Å². The van der Waals surface area contributed by atoms with Crippen molar-refractivity contribution in [1.82, 2.24) is 15.1 Å². The molecule has 1 saturated heterocycles. The van der Waals surface area contributed by atoms with Gasteiger partial charge in [0.2, 0.25) is 0 Å². The number of nitrogens with zero attached hydrogens (tertiary/aromatic N) is 3. The first-order valence-corrected chi connectivity index (χ1v) is 8.93. The Morgan fingerprint density at radius 3 is 2.38 bits per heavy atom. The van der Waals surface area contributed by atoms with E-state index in [-0.39, 0.29) is 5.56 Å². The monoisotopic (exact) mass is 352 g/mol. The van der Waals surface area contributed by atoms with E-state index in [2.05, 4.69) is 48.0 Å². The third kappa shape index (κ3) is 5.21. The number of nitrogens with one attached hydrogen (secondary N) is 1. The van der Waals surface area contributed by atoms with Crippen LogP contribution < -0.4 is 10.5 Å². The van der Waals surface area contributed by atoms with Gasteiger partial charge in [-0.1, -0.05) is 43.2 Å². The van der Waals surface area contributed by atoms with Crippen LogP contribution in [0.4, 0.5) is 5.69 Å². The average Bonchev–Trinajstić information content (AvgIpc) is 2.61. The van der Waals surface area contributed by atoms with Crippen LogP contribution in [-0.4, -0.2) is 47.8 Å². The van der Waals surface area contributed by atoms with Crippen molar-refractivity contribution in [2.45, 2.75) is 34.6 Å². The highest BCUT2D eigenvalue weighted by atomic mass is 35.5. The van der Waals surface area contributed by atoms with Gasteiger partial charge in [-0.05, 0) is 26.3 Å². The van der Waals surface area contributed by atoms with Crippen LogP contribution in [0.3, 0.4) is 0 Å². The summed E-state index contributed by atoms with van der Waals surface area (Å²) in [5, 5.41) is 6.58. The normalized spacial score (nSPS) is 16.7. The van der Waals surface area contributed by atoms with Crippen molar-refractivity contribution in [3.8, 4) is 0 Å². The lowest BCUT2D eigenvalue weighted by Crippen LogP contribution is -2.48. The zero-order valence-corrected chi connectivity index (χ0v) is 16.2. The Labute approximate surface area is 150 Å². The first-order valence-electron chi connectivity index (χ1n) is 8.55. The van der Waals surface area contributed by atoms with Crippen LogP contribution in [0.5, 0.6) is 0 Å². The Morgan fingerprint density at radius 1 is 1.25 bits per heavy atom. The molecule has 2 rings (SSSR count). The second-order valence-corrected chi connectivity index (χ2v) is 5.85. The van der Waals surface area contributed by atoms with Crippen LogP contribution in [0.1, 0.15) is 34.6 Å². The number of piperazine rings is 1. The largest absolute Gasteiger partial charge is 0.363 e. The molecule has 0 spiro atoms. The third-order valence-corrected chi connectivity index (χ3v) is 4.43. The summed E-state index contributed by atoms with van der Waals surface area (Å²) in [7, 11) is 0. The maximum atomic E-state index is 11.9. The number of H-pyrrole nitrogens is 1. The van der Waals surface area contributed by atoms with Crippen molar-refractivity contribution in [1.29, 1.82) is 0 Å². The minimum Gasteiger partial charge on any atom is -0.363 e. The summed E-state index contributed by atoms with van der Waals surface area (Å²) < 4.78 is 0. The van der Waals surface area contributed by atoms with Crippen molar-refractivity contribution in [2.24, 2.45) is 0 Å². The molecule has 1 aromatic rings. The van der Waals surface area contributed by atoms with Gasteiger partial charge in [-0.15, -0.1) is 0 Å². The Morgan fingerprint density at radius 2 is 1.88 bits per heavy atom. The van der Waals surface area contributed by atoms with Crippen LogP contribution in [0.2, 0.25) is 5.02 Å². The maximum Gasteiger partial charge on any atom is 0.289 e. The van der Waals surface area contributed by atoms with Gasteiger partial charge < -0.3 is 4.90 Å². The van der Waals surface area contributed by atoms with Crippen LogP contribution in [0.25, 0.3) is 0 Å². The highest BCUT2D eigenvalue weighted by Crippen LogP contribution is 2.21. The van der Waals surface area contributed by atoms with Crippen molar-refractivity contribution < 1.29 is 0 Å². The van der Waals surface area contributed by atoms with E-state index in [1.165, 1.54) is 17.3 Å². The molecule has 0 aromatic carbocycles. The van der Waals surface area contributed by atoms with Crippen molar-refractivity contribution >= 4 is 17.3 Å². The van der Waals surface area contributed by atoms with E-state index in [4.69, 9.17) is 11.6 Å². The Kier molecular flexibility index (Phi) is 8.79. The van der Waals surface area contributed by atoms with E-state index < -0.39 is 0 Å². The van der Waals surface area contributed by atoms with E-state index in [9.17, 15) is 4.79 Å². The minimum absolute atomic E-state index is 0.222. The van der Waals surface area contributed by atoms with Crippen molar-refractivity contribution in [3.05, 3.63) is 44.9 Å². The molecule has 24 heavy (non-hydrogen) atoms. The molecule has 1 aromatic heterocycles. The van der Waals surface area contributed by atoms with Gasteiger partial charge in [0.25, 0.3) is 5.56 Å². The molecule has 5 nitrogen and oxygen atoms in total. The lowest BCUT2D eigenvalue weighted by Gasteiger charge is -2.36. The smallest absolute Gasteiger partial charge is 0.289 e. The number of anilines is 1. The Balaban J connectivity index is 0.00000139. The third-order valence-electron chi connectivity index (χ3n) is 4.16. The molecule has 0 unspecified atom stereocenters. The SMILES string of the molecule is C/C=C(C)\C(=C/C)CN1CCN(c2c(Cl)cn[nH]c2=O)CC1.CC. The number of aromatic nitrogens is 2. The molecule has 1 fully saturated rings. The zero-order valence-electron chi connectivity index (χ0n) is 15.4. The van der Waals surface area contributed by atoms with E-state index in [1.807, 2.05) is 18.7 Å². The fourth-order valence-corrected chi connectivity index (χ4v) is 2.92. The maximum absolute atomic E-state index is 11.9. The predicted octanol–water partition coefficient (Wildman–Crippen LogP) is 3.48. The molecule has 0 radical (unpaired) electrons. The summed E-state index contributed by atoms with van der Waals surface area (Å²) >= 11 is 6.11. The quantitative estimate of drug-likeness (QED) is 0.843. The van der Waals surface area contributed by atoms with Crippen LogP contribution in [-0.2, 0) is 0 Å². The fraction of sp³-hybridized carbons (Fsp3) is 0.556. The second-order valence-electron chi connectivity index (χ2n) is 5.44. The van der Waals surface area contributed by atoms with Crippen molar-refractivity contribution in [2.75, 3.05) is 37.6 Å². The number of hydrogen-bond acceptors (Lipinski definition) is 4. The summed E-state index contributed by atoms with van der Waals surface area (Å²) in [5.41, 5.74) is 2.99. The van der Waals surface area contributed by atoms with E-state index in [0.29, 0.717) is 10.7 Å². The average molecular weight is 353 g/mol. The van der Waals surface area contributed by atoms with Gasteiger partial charge in [-0.25, -0.2) is 5.10 Å². The van der Waals surface area contributed by atoms with Gasteiger partial charge in [0.1, 0.15) is 5.69 Å².